The molecule has 0 aromatic heterocycles. The number of hydrogen-bond acceptors (Lipinski definition) is 4. The van der Waals surface area contributed by atoms with Gasteiger partial charge >= 0.3 is 0 Å². The Hall–Kier alpha value is -2.73. The average Bonchev–Trinajstić information content (AvgIpc) is 3.11. The topological polar surface area (TPSA) is 49.6 Å². The lowest BCUT2D eigenvalue weighted by molar-refractivity contribution is -0.385. The molecule has 6 heteroatoms. The summed E-state index contributed by atoms with van der Waals surface area (Å²) in [5, 5.41) is 11.9. The Balaban J connectivity index is 1.69. The molecule has 0 N–H and O–H groups in total. The second kappa shape index (κ2) is 8.74. The van der Waals surface area contributed by atoms with Crippen LogP contribution in [0.2, 0.25) is 5.02 Å². The number of nitro groups is 1. The molecule has 0 spiro atoms. The van der Waals surface area contributed by atoms with Gasteiger partial charge in [0.05, 0.1) is 11.1 Å². The van der Waals surface area contributed by atoms with Gasteiger partial charge in [-0.2, -0.15) is 0 Å². The average molecular weight is 408 g/mol. The Kier molecular flexibility index (Phi) is 5.90. The smallest absolute Gasteiger partial charge is 0.269 e. The van der Waals surface area contributed by atoms with E-state index in [4.69, 9.17) is 11.6 Å². The molecule has 3 aromatic carbocycles. The van der Waals surface area contributed by atoms with Gasteiger partial charge in [-0.3, -0.25) is 19.9 Å². The predicted molar refractivity (Wildman–Crippen MR) is 115 cm³/mol. The third-order valence-corrected chi connectivity index (χ3v) is 5.64. The summed E-state index contributed by atoms with van der Waals surface area (Å²) in [5.41, 5.74) is 3.27. The zero-order valence-corrected chi connectivity index (χ0v) is 16.7. The van der Waals surface area contributed by atoms with Gasteiger partial charge in [-0.05, 0) is 17.2 Å². The van der Waals surface area contributed by atoms with E-state index in [1.807, 2.05) is 36.4 Å². The predicted octanol–water partition coefficient (Wildman–Crippen LogP) is 5.26. The molecule has 0 aliphatic carbocycles. The molecular weight excluding hydrogens is 386 g/mol. The lowest BCUT2D eigenvalue weighted by atomic mass is 10.1. The van der Waals surface area contributed by atoms with Crippen LogP contribution >= 0.6 is 11.6 Å². The molecule has 1 aliphatic heterocycles. The van der Waals surface area contributed by atoms with E-state index in [0.717, 1.165) is 31.7 Å². The van der Waals surface area contributed by atoms with Crippen LogP contribution in [0.4, 0.5) is 5.69 Å². The summed E-state index contributed by atoms with van der Waals surface area (Å²) in [6, 6.07) is 25.3. The standard InChI is InChI=1S/C23H22ClN3O2/c24-22-12-11-20(27(28)29)15-21(22)23-25(16-18-7-3-1-4-8-18)13-14-26(23)17-19-9-5-2-6-10-19/h1-12,15,23H,13-14,16-17H2. The van der Waals surface area contributed by atoms with Crippen LogP contribution in [0.25, 0.3) is 0 Å². The van der Waals surface area contributed by atoms with Gasteiger partial charge in [-0.1, -0.05) is 72.3 Å². The fourth-order valence-corrected chi connectivity index (χ4v) is 4.15. The molecule has 1 fully saturated rings. The number of nitrogens with zero attached hydrogens (tertiary/aromatic N) is 3. The Labute approximate surface area is 175 Å². The Bertz CT molecular complexity index is 932. The van der Waals surface area contributed by atoms with Crippen LogP contribution in [-0.4, -0.2) is 27.8 Å². The Morgan fingerprint density at radius 2 is 1.38 bits per heavy atom. The van der Waals surface area contributed by atoms with Gasteiger partial charge in [0.25, 0.3) is 5.69 Å². The third kappa shape index (κ3) is 4.48. The molecule has 1 heterocycles. The number of halogens is 1. The first kappa shape index (κ1) is 19.6. The highest BCUT2D eigenvalue weighted by molar-refractivity contribution is 6.31. The first-order valence-electron chi connectivity index (χ1n) is 9.61. The van der Waals surface area contributed by atoms with Gasteiger partial charge in [0, 0.05) is 48.9 Å². The molecule has 1 saturated heterocycles. The molecule has 1 aliphatic rings. The number of benzene rings is 3. The largest absolute Gasteiger partial charge is 0.278 e. The summed E-state index contributed by atoms with van der Waals surface area (Å²) in [7, 11) is 0. The minimum Gasteiger partial charge on any atom is -0.278 e. The molecule has 4 rings (SSSR count). The molecular formula is C23H22ClN3O2. The molecule has 5 nitrogen and oxygen atoms in total. The highest BCUT2D eigenvalue weighted by atomic mass is 35.5. The van der Waals surface area contributed by atoms with E-state index in [1.165, 1.54) is 17.2 Å². The molecule has 0 saturated carbocycles. The monoisotopic (exact) mass is 407 g/mol. The third-order valence-electron chi connectivity index (χ3n) is 5.29. The summed E-state index contributed by atoms with van der Waals surface area (Å²) in [4.78, 5) is 15.7. The van der Waals surface area contributed by atoms with Crippen molar-refractivity contribution in [2.24, 2.45) is 0 Å². The van der Waals surface area contributed by atoms with Crippen molar-refractivity contribution in [3.05, 3.63) is 111 Å². The number of rotatable bonds is 6. The van der Waals surface area contributed by atoms with E-state index in [2.05, 4.69) is 34.1 Å². The number of nitro benzene ring substituents is 1. The molecule has 148 valence electrons. The van der Waals surface area contributed by atoms with Gasteiger partial charge in [0.15, 0.2) is 0 Å². The van der Waals surface area contributed by atoms with Crippen molar-refractivity contribution in [2.45, 2.75) is 19.3 Å². The molecule has 0 amide bonds. The number of non-ortho nitro benzene ring substituents is 1. The highest BCUT2D eigenvalue weighted by Gasteiger charge is 2.35. The van der Waals surface area contributed by atoms with E-state index < -0.39 is 0 Å². The zero-order chi connectivity index (χ0) is 20.2. The second-order valence-corrected chi connectivity index (χ2v) is 7.66. The maximum Gasteiger partial charge on any atom is 0.269 e. The van der Waals surface area contributed by atoms with Crippen molar-refractivity contribution < 1.29 is 4.92 Å². The van der Waals surface area contributed by atoms with Gasteiger partial charge in [0.2, 0.25) is 0 Å². The Morgan fingerprint density at radius 1 is 0.862 bits per heavy atom. The van der Waals surface area contributed by atoms with E-state index in [9.17, 15) is 10.1 Å². The first-order chi connectivity index (χ1) is 14.1. The fraction of sp³-hybridized carbons (Fsp3) is 0.217. The van der Waals surface area contributed by atoms with Crippen LogP contribution in [0, 0.1) is 10.1 Å². The molecule has 0 bridgehead atoms. The fourth-order valence-electron chi connectivity index (χ4n) is 3.94. The molecule has 0 atom stereocenters. The van der Waals surface area contributed by atoms with Gasteiger partial charge < -0.3 is 0 Å². The minimum absolute atomic E-state index is 0.0654. The number of hydrogen-bond donors (Lipinski definition) is 0. The summed E-state index contributed by atoms with van der Waals surface area (Å²) in [6.07, 6.45) is -0.122. The van der Waals surface area contributed by atoms with Crippen LogP contribution < -0.4 is 0 Å². The van der Waals surface area contributed by atoms with E-state index in [0.29, 0.717) is 5.02 Å². The van der Waals surface area contributed by atoms with Crippen molar-refractivity contribution in [1.82, 2.24) is 9.80 Å². The lowest BCUT2D eigenvalue weighted by Crippen LogP contribution is -2.30. The van der Waals surface area contributed by atoms with Crippen LogP contribution in [-0.2, 0) is 13.1 Å². The summed E-state index contributed by atoms with van der Waals surface area (Å²) < 4.78 is 0. The molecule has 0 unspecified atom stereocenters. The van der Waals surface area contributed by atoms with Crippen molar-refractivity contribution in [1.29, 1.82) is 0 Å². The van der Waals surface area contributed by atoms with E-state index in [-0.39, 0.29) is 16.8 Å². The molecule has 0 radical (unpaired) electrons. The van der Waals surface area contributed by atoms with E-state index >= 15 is 0 Å². The minimum atomic E-state index is -0.363. The van der Waals surface area contributed by atoms with Gasteiger partial charge in [-0.25, -0.2) is 0 Å². The maximum atomic E-state index is 11.4. The van der Waals surface area contributed by atoms with Crippen molar-refractivity contribution in [2.75, 3.05) is 13.1 Å². The van der Waals surface area contributed by atoms with Crippen LogP contribution in [0.1, 0.15) is 22.9 Å². The summed E-state index contributed by atoms with van der Waals surface area (Å²) in [5.74, 6) is 0. The van der Waals surface area contributed by atoms with Crippen LogP contribution in [0.5, 0.6) is 0 Å². The quantitative estimate of drug-likeness (QED) is 0.413. The van der Waals surface area contributed by atoms with E-state index in [1.54, 1.807) is 12.1 Å². The van der Waals surface area contributed by atoms with Crippen molar-refractivity contribution >= 4 is 17.3 Å². The second-order valence-electron chi connectivity index (χ2n) is 7.25. The highest BCUT2D eigenvalue weighted by Crippen LogP contribution is 2.38. The van der Waals surface area contributed by atoms with Gasteiger partial charge in [0.1, 0.15) is 0 Å². The van der Waals surface area contributed by atoms with Crippen molar-refractivity contribution in [3.63, 3.8) is 0 Å². The lowest BCUT2D eigenvalue weighted by Gasteiger charge is -2.31. The first-order valence-corrected chi connectivity index (χ1v) is 9.99. The van der Waals surface area contributed by atoms with Crippen LogP contribution in [0.15, 0.2) is 78.9 Å². The molecule has 29 heavy (non-hydrogen) atoms. The SMILES string of the molecule is O=[N+]([O-])c1ccc(Cl)c(C2N(Cc3ccccc3)CCN2Cc2ccccc2)c1. The zero-order valence-electron chi connectivity index (χ0n) is 15.9. The Morgan fingerprint density at radius 3 is 1.86 bits per heavy atom. The van der Waals surface area contributed by atoms with Gasteiger partial charge in [-0.15, -0.1) is 0 Å². The molecule has 3 aromatic rings. The summed E-state index contributed by atoms with van der Waals surface area (Å²) >= 11 is 6.54. The summed E-state index contributed by atoms with van der Waals surface area (Å²) in [6.45, 7) is 3.25. The van der Waals surface area contributed by atoms with Crippen LogP contribution in [0.3, 0.4) is 0 Å². The van der Waals surface area contributed by atoms with Crippen molar-refractivity contribution in [3.8, 4) is 0 Å². The maximum absolute atomic E-state index is 11.4. The normalized spacial score (nSPS) is 15.6.